The smallest absolute Gasteiger partial charge is 0.307 e. The lowest BCUT2D eigenvalue weighted by Crippen LogP contribution is -2.24. The highest BCUT2D eigenvalue weighted by atomic mass is 79.9. The average molecular weight is 298 g/mol. The summed E-state index contributed by atoms with van der Waals surface area (Å²) in [4.78, 5) is 22.9. The normalized spacial score (nSPS) is 19.7. The minimum atomic E-state index is -0.962. The van der Waals surface area contributed by atoms with Crippen LogP contribution in [0.25, 0.3) is 0 Å². The van der Waals surface area contributed by atoms with Gasteiger partial charge in [0.2, 0.25) is 5.91 Å². The maximum Gasteiger partial charge on any atom is 0.307 e. The van der Waals surface area contributed by atoms with E-state index in [1.807, 2.05) is 19.1 Å². The summed E-state index contributed by atoms with van der Waals surface area (Å²) >= 11 is 3.36. The number of halogens is 1. The van der Waals surface area contributed by atoms with Crippen LogP contribution in [0.2, 0.25) is 0 Å². The Morgan fingerprint density at radius 1 is 1.53 bits per heavy atom. The Hall–Kier alpha value is -1.36. The first kappa shape index (κ1) is 12.1. The number of carbonyl (C=O) groups is 2. The van der Waals surface area contributed by atoms with Crippen LogP contribution in [0.15, 0.2) is 16.6 Å². The second-order valence-corrected chi connectivity index (χ2v) is 5.20. The summed E-state index contributed by atoms with van der Waals surface area (Å²) in [6.07, 6.45) is 0. The molecule has 0 bridgehead atoms. The van der Waals surface area contributed by atoms with Crippen molar-refractivity contribution in [1.29, 1.82) is 0 Å². The van der Waals surface area contributed by atoms with Crippen molar-refractivity contribution in [3.05, 3.63) is 27.7 Å². The number of rotatable bonds is 2. The topological polar surface area (TPSA) is 66.4 Å². The minimum absolute atomic E-state index is 0.240. The number of carboxylic acid groups (broad SMARTS) is 1. The van der Waals surface area contributed by atoms with Crippen LogP contribution in [0.3, 0.4) is 0 Å². The molecule has 1 aliphatic rings. The highest BCUT2D eigenvalue weighted by molar-refractivity contribution is 9.10. The van der Waals surface area contributed by atoms with Crippen molar-refractivity contribution < 1.29 is 14.7 Å². The molecule has 4 nitrogen and oxygen atoms in total. The molecule has 0 aromatic heterocycles. The van der Waals surface area contributed by atoms with E-state index in [2.05, 4.69) is 21.2 Å². The van der Waals surface area contributed by atoms with Crippen molar-refractivity contribution in [3.63, 3.8) is 0 Å². The predicted octanol–water partition coefficient (Wildman–Crippen LogP) is 2.51. The fraction of sp³-hybridized carbons (Fsp3) is 0.333. The van der Waals surface area contributed by atoms with Crippen LogP contribution in [-0.2, 0) is 9.59 Å². The molecule has 5 heteroatoms. The van der Waals surface area contributed by atoms with Crippen LogP contribution in [0, 0.1) is 12.8 Å². The Morgan fingerprint density at radius 3 is 2.76 bits per heavy atom. The summed E-state index contributed by atoms with van der Waals surface area (Å²) in [5.74, 6) is -2.55. The Balaban J connectivity index is 2.54. The SMILES string of the molecule is Cc1cc(Br)cc2c1NC(=O)C2C(C)C(=O)O. The van der Waals surface area contributed by atoms with E-state index in [9.17, 15) is 9.59 Å². The molecule has 1 amide bonds. The lowest BCUT2D eigenvalue weighted by atomic mass is 9.88. The molecule has 0 spiro atoms. The first-order valence-electron chi connectivity index (χ1n) is 5.25. The third-order valence-corrected chi connectivity index (χ3v) is 3.54. The molecule has 0 fully saturated rings. The zero-order chi connectivity index (χ0) is 12.7. The van der Waals surface area contributed by atoms with Gasteiger partial charge in [-0.05, 0) is 30.2 Å². The van der Waals surface area contributed by atoms with E-state index in [4.69, 9.17) is 5.11 Å². The molecule has 0 saturated heterocycles. The van der Waals surface area contributed by atoms with Crippen LogP contribution in [-0.4, -0.2) is 17.0 Å². The Bertz CT molecular complexity index is 513. The van der Waals surface area contributed by atoms with Crippen molar-refractivity contribution in [2.45, 2.75) is 19.8 Å². The monoisotopic (exact) mass is 297 g/mol. The molecule has 2 rings (SSSR count). The fourth-order valence-corrected chi connectivity index (χ4v) is 2.76. The number of aliphatic carboxylic acids is 1. The van der Waals surface area contributed by atoms with E-state index in [1.165, 1.54) is 0 Å². The second kappa shape index (κ2) is 4.14. The minimum Gasteiger partial charge on any atom is -0.481 e. The number of hydrogen-bond acceptors (Lipinski definition) is 2. The third-order valence-electron chi connectivity index (χ3n) is 3.09. The highest BCUT2D eigenvalue weighted by Gasteiger charge is 2.38. The quantitative estimate of drug-likeness (QED) is 0.881. The number of amides is 1. The van der Waals surface area contributed by atoms with Gasteiger partial charge in [0.15, 0.2) is 0 Å². The summed E-state index contributed by atoms with van der Waals surface area (Å²) in [5.41, 5.74) is 2.44. The van der Waals surface area contributed by atoms with Crippen molar-refractivity contribution in [3.8, 4) is 0 Å². The van der Waals surface area contributed by atoms with Gasteiger partial charge in [-0.3, -0.25) is 9.59 Å². The van der Waals surface area contributed by atoms with Gasteiger partial charge in [-0.15, -0.1) is 0 Å². The Labute approximate surface area is 107 Å². The van der Waals surface area contributed by atoms with Gasteiger partial charge in [0.05, 0.1) is 11.8 Å². The number of carboxylic acids is 1. The Morgan fingerprint density at radius 2 is 2.18 bits per heavy atom. The lowest BCUT2D eigenvalue weighted by Gasteiger charge is -2.13. The number of carbonyl (C=O) groups excluding carboxylic acids is 1. The highest BCUT2D eigenvalue weighted by Crippen LogP contribution is 2.40. The lowest BCUT2D eigenvalue weighted by molar-refractivity contribution is -0.143. The second-order valence-electron chi connectivity index (χ2n) is 4.28. The molecule has 1 aliphatic heterocycles. The van der Waals surface area contributed by atoms with Gasteiger partial charge in [0.1, 0.15) is 0 Å². The van der Waals surface area contributed by atoms with E-state index < -0.39 is 17.8 Å². The first-order chi connectivity index (χ1) is 7.91. The van der Waals surface area contributed by atoms with Crippen LogP contribution in [0.5, 0.6) is 0 Å². The maximum atomic E-state index is 11.9. The standard InChI is InChI=1S/C12H12BrNO3/c1-5-3-7(13)4-8-9(6(2)12(16)17)11(15)14-10(5)8/h3-4,6,9H,1-2H3,(H,14,15)(H,16,17). The zero-order valence-corrected chi connectivity index (χ0v) is 11.0. The molecule has 1 aromatic carbocycles. The predicted molar refractivity (Wildman–Crippen MR) is 67.0 cm³/mol. The molecule has 1 aromatic rings. The summed E-state index contributed by atoms with van der Waals surface area (Å²) in [6, 6.07) is 3.71. The van der Waals surface area contributed by atoms with Crippen molar-refractivity contribution >= 4 is 33.5 Å². The average Bonchev–Trinajstić information content (AvgIpc) is 2.54. The third kappa shape index (κ3) is 1.95. The van der Waals surface area contributed by atoms with E-state index >= 15 is 0 Å². The van der Waals surface area contributed by atoms with Crippen molar-refractivity contribution in [1.82, 2.24) is 0 Å². The summed E-state index contributed by atoms with van der Waals surface area (Å²) in [5, 5.41) is 11.8. The fourth-order valence-electron chi connectivity index (χ4n) is 2.17. The van der Waals surface area contributed by atoms with Gasteiger partial charge in [-0.1, -0.05) is 22.9 Å². The van der Waals surface area contributed by atoms with Gasteiger partial charge in [0, 0.05) is 10.2 Å². The molecule has 2 N–H and O–H groups in total. The van der Waals surface area contributed by atoms with Gasteiger partial charge in [-0.25, -0.2) is 0 Å². The molecule has 90 valence electrons. The molecule has 17 heavy (non-hydrogen) atoms. The summed E-state index contributed by atoms with van der Waals surface area (Å²) < 4.78 is 0.854. The number of anilines is 1. The first-order valence-corrected chi connectivity index (χ1v) is 6.05. The summed E-state index contributed by atoms with van der Waals surface area (Å²) in [6.45, 7) is 3.44. The summed E-state index contributed by atoms with van der Waals surface area (Å²) in [7, 11) is 0. The van der Waals surface area contributed by atoms with E-state index in [0.29, 0.717) is 0 Å². The molecule has 0 radical (unpaired) electrons. The molecule has 0 saturated carbocycles. The van der Waals surface area contributed by atoms with Gasteiger partial charge in [-0.2, -0.15) is 0 Å². The van der Waals surface area contributed by atoms with Crippen molar-refractivity contribution in [2.75, 3.05) is 5.32 Å². The number of aryl methyl sites for hydroxylation is 1. The zero-order valence-electron chi connectivity index (χ0n) is 9.45. The van der Waals surface area contributed by atoms with Gasteiger partial charge >= 0.3 is 5.97 Å². The molecule has 1 heterocycles. The van der Waals surface area contributed by atoms with Gasteiger partial charge < -0.3 is 10.4 Å². The molecule has 0 aliphatic carbocycles. The number of nitrogens with one attached hydrogen (secondary N) is 1. The molecular formula is C12H12BrNO3. The molecular weight excluding hydrogens is 286 g/mol. The molecule has 2 atom stereocenters. The van der Waals surface area contributed by atoms with E-state index in [1.54, 1.807) is 6.92 Å². The number of hydrogen-bond donors (Lipinski definition) is 2. The van der Waals surface area contributed by atoms with Crippen LogP contribution >= 0.6 is 15.9 Å². The maximum absolute atomic E-state index is 11.9. The Kier molecular flexibility index (Phi) is 2.95. The van der Waals surface area contributed by atoms with Gasteiger partial charge in [0.25, 0.3) is 0 Å². The van der Waals surface area contributed by atoms with Crippen LogP contribution in [0.4, 0.5) is 5.69 Å². The largest absolute Gasteiger partial charge is 0.481 e. The van der Waals surface area contributed by atoms with Crippen LogP contribution in [0.1, 0.15) is 24.0 Å². The van der Waals surface area contributed by atoms with Crippen LogP contribution < -0.4 is 5.32 Å². The molecule has 2 unspecified atom stereocenters. The van der Waals surface area contributed by atoms with Crippen molar-refractivity contribution in [2.24, 2.45) is 5.92 Å². The number of benzene rings is 1. The van der Waals surface area contributed by atoms with E-state index in [0.717, 1.165) is 21.3 Å². The van der Waals surface area contributed by atoms with E-state index in [-0.39, 0.29) is 5.91 Å². The number of fused-ring (bicyclic) bond motifs is 1.